The molecule has 0 atom stereocenters. The molecule has 5 nitrogen and oxygen atoms in total. The van der Waals surface area contributed by atoms with Crippen LogP contribution in [0.15, 0.2) is 29.8 Å². The van der Waals surface area contributed by atoms with Crippen molar-refractivity contribution in [2.75, 3.05) is 6.61 Å². The van der Waals surface area contributed by atoms with Crippen LogP contribution in [-0.4, -0.2) is 22.9 Å². The molecule has 1 aromatic carbocycles. The van der Waals surface area contributed by atoms with Crippen LogP contribution in [0.4, 0.5) is 0 Å². The van der Waals surface area contributed by atoms with Gasteiger partial charge in [0.25, 0.3) is 0 Å². The molecule has 5 heteroatoms. The van der Waals surface area contributed by atoms with Crippen molar-refractivity contribution in [3.8, 4) is 6.07 Å². The fourth-order valence-corrected chi connectivity index (χ4v) is 4.03. The number of hydrogen-bond acceptors (Lipinski definition) is 4. The number of fused-ring (bicyclic) bond motifs is 1. The molecule has 3 rings (SSSR count). The molecule has 0 radical (unpaired) electrons. The Morgan fingerprint density at radius 2 is 1.90 bits per heavy atom. The summed E-state index contributed by atoms with van der Waals surface area (Å²) in [4.78, 5) is 24.9. The SMILES string of the molecule is CCCn1c(C)cc(/C=C(\C#N)C(=O)OCC(=O)c2ccc3c(c2)CCCC3)c1C. The van der Waals surface area contributed by atoms with Gasteiger partial charge in [-0.05, 0) is 80.9 Å². The first-order valence-electron chi connectivity index (χ1n) is 10.5. The smallest absolute Gasteiger partial charge is 0.349 e. The summed E-state index contributed by atoms with van der Waals surface area (Å²) in [5.74, 6) is -1.03. The van der Waals surface area contributed by atoms with Gasteiger partial charge >= 0.3 is 5.97 Å². The number of carbonyl (C=O) groups is 2. The summed E-state index contributed by atoms with van der Waals surface area (Å²) in [7, 11) is 0. The topological polar surface area (TPSA) is 72.1 Å². The van der Waals surface area contributed by atoms with Crippen molar-refractivity contribution in [3.63, 3.8) is 0 Å². The summed E-state index contributed by atoms with van der Waals surface area (Å²) in [5.41, 5.74) is 5.84. The van der Waals surface area contributed by atoms with Gasteiger partial charge in [0.05, 0.1) is 0 Å². The lowest BCUT2D eigenvalue weighted by Crippen LogP contribution is -2.16. The number of benzene rings is 1. The zero-order valence-electron chi connectivity index (χ0n) is 18.0. The monoisotopic (exact) mass is 404 g/mol. The number of esters is 1. The highest BCUT2D eigenvalue weighted by molar-refractivity contribution is 6.02. The number of nitrogens with zero attached hydrogens (tertiary/aromatic N) is 2. The van der Waals surface area contributed by atoms with Gasteiger partial charge in [0, 0.05) is 23.5 Å². The zero-order chi connectivity index (χ0) is 21.7. The van der Waals surface area contributed by atoms with Crippen LogP contribution in [0.25, 0.3) is 6.08 Å². The average Bonchev–Trinajstić information content (AvgIpc) is 3.02. The standard InChI is InChI=1S/C25H28N2O3/c1-4-11-27-17(2)12-22(18(27)3)14-23(15-26)25(29)30-16-24(28)21-10-9-19-7-5-6-8-20(19)13-21/h9-10,12-14H,4-8,11,16H2,1-3H3/b23-14+. The van der Waals surface area contributed by atoms with Crippen molar-refractivity contribution in [1.29, 1.82) is 5.26 Å². The highest BCUT2D eigenvalue weighted by Crippen LogP contribution is 2.23. The fraction of sp³-hybridized carbons (Fsp3) is 0.400. The Bertz CT molecular complexity index is 1040. The predicted octanol–water partition coefficient (Wildman–Crippen LogP) is 4.73. The molecule has 0 spiro atoms. The van der Waals surface area contributed by atoms with E-state index in [0.717, 1.165) is 49.2 Å². The molecule has 156 valence electrons. The molecule has 1 aliphatic rings. The van der Waals surface area contributed by atoms with E-state index in [9.17, 15) is 14.9 Å². The lowest BCUT2D eigenvalue weighted by molar-refractivity contribution is -0.137. The van der Waals surface area contributed by atoms with Gasteiger partial charge in [0.15, 0.2) is 12.4 Å². The second-order valence-corrected chi connectivity index (χ2v) is 7.84. The number of Topliss-reactive ketones (excluding diaryl/α,β-unsaturated/α-hetero) is 1. The molecular formula is C25H28N2O3. The molecule has 0 aliphatic heterocycles. The normalized spacial score (nSPS) is 13.5. The maximum absolute atomic E-state index is 12.5. The minimum absolute atomic E-state index is 0.106. The van der Waals surface area contributed by atoms with E-state index in [1.165, 1.54) is 17.5 Å². The van der Waals surface area contributed by atoms with E-state index in [-0.39, 0.29) is 18.0 Å². The molecule has 2 aromatic rings. The number of carbonyl (C=O) groups excluding carboxylic acids is 2. The third kappa shape index (κ3) is 4.71. The number of aromatic nitrogens is 1. The van der Waals surface area contributed by atoms with Gasteiger partial charge in [-0.1, -0.05) is 19.1 Å². The van der Waals surface area contributed by atoms with Gasteiger partial charge in [-0.25, -0.2) is 4.79 Å². The van der Waals surface area contributed by atoms with Crippen LogP contribution in [-0.2, 0) is 28.9 Å². The van der Waals surface area contributed by atoms with Crippen LogP contribution >= 0.6 is 0 Å². The first-order chi connectivity index (χ1) is 14.4. The molecule has 0 bridgehead atoms. The third-order valence-electron chi connectivity index (χ3n) is 5.71. The highest BCUT2D eigenvalue weighted by atomic mass is 16.5. The molecule has 1 aliphatic carbocycles. The molecule has 0 saturated heterocycles. The summed E-state index contributed by atoms with van der Waals surface area (Å²) in [6.45, 7) is 6.58. The minimum Gasteiger partial charge on any atom is -0.453 e. The Labute approximate surface area is 178 Å². The molecule has 1 heterocycles. The Hall–Kier alpha value is -3.13. The Morgan fingerprint density at radius 3 is 2.60 bits per heavy atom. The van der Waals surface area contributed by atoms with Gasteiger partial charge in [-0.15, -0.1) is 0 Å². The van der Waals surface area contributed by atoms with Crippen molar-refractivity contribution < 1.29 is 14.3 Å². The summed E-state index contributed by atoms with van der Waals surface area (Å²) >= 11 is 0. The van der Waals surface area contributed by atoms with E-state index in [2.05, 4.69) is 11.5 Å². The van der Waals surface area contributed by atoms with E-state index in [1.807, 2.05) is 38.1 Å². The lowest BCUT2D eigenvalue weighted by Gasteiger charge is -2.16. The number of ketones is 1. The van der Waals surface area contributed by atoms with Gasteiger partial charge in [-0.3, -0.25) is 4.79 Å². The number of ether oxygens (including phenoxy) is 1. The number of rotatable bonds is 7. The third-order valence-corrected chi connectivity index (χ3v) is 5.71. The van der Waals surface area contributed by atoms with Crippen LogP contribution < -0.4 is 0 Å². The molecule has 0 fully saturated rings. The number of aryl methyl sites for hydroxylation is 3. The van der Waals surface area contributed by atoms with E-state index in [0.29, 0.717) is 5.56 Å². The Balaban J connectivity index is 1.69. The van der Waals surface area contributed by atoms with E-state index in [1.54, 1.807) is 12.1 Å². The summed E-state index contributed by atoms with van der Waals surface area (Å²) in [5, 5.41) is 9.43. The molecule has 30 heavy (non-hydrogen) atoms. The van der Waals surface area contributed by atoms with Gasteiger partial charge in [-0.2, -0.15) is 5.26 Å². The molecule has 1 aromatic heterocycles. The van der Waals surface area contributed by atoms with Gasteiger partial charge in [0.1, 0.15) is 11.6 Å². The second kappa shape index (κ2) is 9.58. The van der Waals surface area contributed by atoms with Crippen LogP contribution in [0.2, 0.25) is 0 Å². The molecular weight excluding hydrogens is 376 g/mol. The van der Waals surface area contributed by atoms with Crippen LogP contribution in [0.5, 0.6) is 0 Å². The van der Waals surface area contributed by atoms with Gasteiger partial charge < -0.3 is 9.30 Å². The summed E-state index contributed by atoms with van der Waals surface area (Å²) < 4.78 is 7.32. The number of hydrogen-bond donors (Lipinski definition) is 0. The predicted molar refractivity (Wildman–Crippen MR) is 116 cm³/mol. The quantitative estimate of drug-likeness (QED) is 0.289. The summed E-state index contributed by atoms with van der Waals surface area (Å²) in [6.07, 6.45) is 6.89. The van der Waals surface area contributed by atoms with Crippen molar-refractivity contribution >= 4 is 17.8 Å². The maximum atomic E-state index is 12.5. The van der Waals surface area contributed by atoms with Crippen molar-refractivity contribution in [2.45, 2.75) is 59.4 Å². The number of nitriles is 1. The molecule has 0 amide bonds. The van der Waals surface area contributed by atoms with Crippen molar-refractivity contribution in [1.82, 2.24) is 4.57 Å². The Morgan fingerprint density at radius 1 is 1.17 bits per heavy atom. The minimum atomic E-state index is -0.774. The zero-order valence-corrected chi connectivity index (χ0v) is 18.0. The van der Waals surface area contributed by atoms with E-state index >= 15 is 0 Å². The largest absolute Gasteiger partial charge is 0.453 e. The molecule has 0 N–H and O–H groups in total. The highest BCUT2D eigenvalue weighted by Gasteiger charge is 2.17. The van der Waals surface area contributed by atoms with Crippen molar-refractivity contribution in [3.05, 3.63) is 63.5 Å². The lowest BCUT2D eigenvalue weighted by atomic mass is 9.90. The first kappa shape index (κ1) is 21.6. The van der Waals surface area contributed by atoms with Crippen LogP contribution in [0.3, 0.4) is 0 Å². The Kier molecular flexibility index (Phi) is 6.89. The van der Waals surface area contributed by atoms with Crippen LogP contribution in [0, 0.1) is 25.2 Å². The van der Waals surface area contributed by atoms with Gasteiger partial charge in [0.2, 0.25) is 0 Å². The molecule has 0 saturated carbocycles. The van der Waals surface area contributed by atoms with Crippen molar-refractivity contribution in [2.24, 2.45) is 0 Å². The average molecular weight is 405 g/mol. The van der Waals surface area contributed by atoms with E-state index < -0.39 is 5.97 Å². The maximum Gasteiger partial charge on any atom is 0.349 e. The van der Waals surface area contributed by atoms with Crippen LogP contribution in [0.1, 0.15) is 64.6 Å². The van der Waals surface area contributed by atoms with E-state index in [4.69, 9.17) is 4.74 Å². The fourth-order valence-electron chi connectivity index (χ4n) is 4.03. The summed E-state index contributed by atoms with van der Waals surface area (Å²) in [6, 6.07) is 9.56. The second-order valence-electron chi connectivity index (χ2n) is 7.84. The molecule has 0 unspecified atom stereocenters. The first-order valence-corrected chi connectivity index (χ1v) is 10.5.